The highest BCUT2D eigenvalue weighted by Crippen LogP contribution is 2.15. The summed E-state index contributed by atoms with van der Waals surface area (Å²) in [5.74, 6) is -0.663. The van der Waals surface area contributed by atoms with Crippen LogP contribution < -0.4 is 0 Å². The average molecular weight is 420 g/mol. The first-order chi connectivity index (χ1) is 9.67. The van der Waals surface area contributed by atoms with Crippen LogP contribution in [0.25, 0.3) is 0 Å². The van der Waals surface area contributed by atoms with E-state index in [1.165, 1.54) is 6.92 Å². The van der Waals surface area contributed by atoms with Gasteiger partial charge in [0.15, 0.2) is 0 Å². The van der Waals surface area contributed by atoms with Gasteiger partial charge in [0.25, 0.3) is 0 Å². The van der Waals surface area contributed by atoms with E-state index in [-0.39, 0.29) is 18.5 Å². The zero-order chi connectivity index (χ0) is 16.0. The zero-order valence-corrected chi connectivity index (χ0v) is 16.0. The molecule has 0 aromatic heterocycles. The van der Waals surface area contributed by atoms with Gasteiger partial charge in [-0.05, 0) is 52.4 Å². The summed E-state index contributed by atoms with van der Waals surface area (Å²) < 4.78 is 11.2. The minimum Gasteiger partial charge on any atom is -0.462 e. The quantitative estimate of drug-likeness (QED) is 0.399. The molecule has 0 atom stereocenters. The molecule has 4 nitrogen and oxygen atoms in total. The van der Waals surface area contributed by atoms with Crippen molar-refractivity contribution in [1.29, 1.82) is 0 Å². The van der Waals surface area contributed by atoms with Crippen molar-refractivity contribution in [1.82, 2.24) is 0 Å². The van der Waals surface area contributed by atoms with E-state index in [1.807, 2.05) is 6.07 Å². The van der Waals surface area contributed by atoms with E-state index in [9.17, 15) is 9.59 Å². The molecule has 6 heteroatoms. The normalized spacial score (nSPS) is 11.1. The molecule has 1 rings (SSSR count). The van der Waals surface area contributed by atoms with Crippen molar-refractivity contribution in [3.8, 4) is 0 Å². The molecule has 0 spiro atoms. The second-order valence-electron chi connectivity index (χ2n) is 6.07. The van der Waals surface area contributed by atoms with Gasteiger partial charge in [-0.2, -0.15) is 0 Å². The first-order valence-electron chi connectivity index (χ1n) is 6.77. The predicted molar refractivity (Wildman–Crippen MR) is 93.1 cm³/mol. The van der Waals surface area contributed by atoms with Crippen molar-refractivity contribution in [3.63, 3.8) is 0 Å². The van der Waals surface area contributed by atoms with Crippen molar-refractivity contribution in [2.45, 2.75) is 39.2 Å². The number of esters is 2. The fourth-order valence-electron chi connectivity index (χ4n) is 1.57. The molecule has 0 aliphatic heterocycles. The molecule has 0 aliphatic rings. The minimum atomic E-state index is -1.21. The smallest absolute Gasteiger partial charge is 0.338 e. The van der Waals surface area contributed by atoms with E-state index >= 15 is 0 Å². The van der Waals surface area contributed by atoms with Gasteiger partial charge in [0.2, 0.25) is 0 Å². The number of ether oxygens (including phenoxy) is 2. The molecule has 1 aromatic rings. The van der Waals surface area contributed by atoms with E-state index in [4.69, 9.17) is 9.47 Å². The van der Waals surface area contributed by atoms with Gasteiger partial charge in [-0.15, -0.1) is 0 Å². The third kappa shape index (κ3) is 7.61. The molecule has 21 heavy (non-hydrogen) atoms. The topological polar surface area (TPSA) is 52.6 Å². The summed E-state index contributed by atoms with van der Waals surface area (Å²) in [6.45, 7) is 8.70. The van der Waals surface area contributed by atoms with Crippen LogP contribution in [0.15, 0.2) is 18.2 Å². The van der Waals surface area contributed by atoms with Crippen molar-refractivity contribution in [2.24, 2.45) is 0 Å². The number of carbonyl (C=O) groups is 2. The minimum absolute atomic E-state index is 0.168. The summed E-state index contributed by atoms with van der Waals surface area (Å²) in [6, 6.07) is 6.31. The lowest BCUT2D eigenvalue weighted by Gasteiger charge is -2.15. The van der Waals surface area contributed by atoms with Gasteiger partial charge in [0.1, 0.15) is 6.61 Å². The maximum Gasteiger partial charge on any atom is 0.338 e. The van der Waals surface area contributed by atoms with Crippen molar-refractivity contribution in [3.05, 3.63) is 32.9 Å². The molecule has 116 valence electrons. The molecule has 0 aliphatic carbocycles. The Morgan fingerprint density at radius 3 is 2.38 bits per heavy atom. The molecule has 0 saturated heterocycles. The van der Waals surface area contributed by atoms with Crippen molar-refractivity contribution < 1.29 is 19.1 Å². The number of carbonyl (C=O) groups excluding carboxylic acids is 2. The third-order valence-electron chi connectivity index (χ3n) is 2.72. The number of rotatable bonds is 6. The molecule has 0 radical (unpaired) electrons. The van der Waals surface area contributed by atoms with Gasteiger partial charge in [-0.25, -0.2) is 4.79 Å². The van der Waals surface area contributed by atoms with Crippen LogP contribution in [0.3, 0.4) is 0 Å². The maximum absolute atomic E-state index is 12.1. The zero-order valence-electron chi connectivity index (χ0n) is 12.9. The molecule has 0 unspecified atom stereocenters. The summed E-state index contributed by atoms with van der Waals surface area (Å²) in [5, 5.41) is 0. The Morgan fingerprint density at radius 1 is 1.14 bits per heavy atom. The van der Waals surface area contributed by atoms with Crippen LogP contribution >= 0.6 is 22.6 Å². The fourth-order valence-corrected chi connectivity index (χ4v) is 3.02. The summed E-state index contributed by atoms with van der Waals surface area (Å²) >= 11 is 2.13. The molecule has 0 fully saturated rings. The molecule has 0 saturated carbocycles. The third-order valence-corrected chi connectivity index (χ3v) is 5.05. The Labute approximate surface area is 140 Å². The van der Waals surface area contributed by atoms with E-state index in [1.54, 1.807) is 12.1 Å². The standard InChI is InChI=1S/C15H21IO4Si/c1-11(17)20-10-12-7-13(9-14(16)8-12)15(18)19-5-6-21(2,3)4/h7-9H,5-6,10H2,1-4H3. The molecule has 0 amide bonds. The van der Waals surface area contributed by atoms with Crippen molar-refractivity contribution >= 4 is 42.6 Å². The molecule has 0 N–H and O–H groups in total. The monoisotopic (exact) mass is 420 g/mol. The Hall–Kier alpha value is -0.893. The second kappa shape index (κ2) is 7.93. The molecule has 0 bridgehead atoms. The van der Waals surface area contributed by atoms with Crippen LogP contribution in [0.4, 0.5) is 0 Å². The highest BCUT2D eigenvalue weighted by molar-refractivity contribution is 14.1. The van der Waals surface area contributed by atoms with Crippen LogP contribution in [0.2, 0.25) is 25.7 Å². The van der Waals surface area contributed by atoms with Gasteiger partial charge >= 0.3 is 11.9 Å². The van der Waals surface area contributed by atoms with Crippen LogP contribution in [-0.4, -0.2) is 26.6 Å². The summed E-state index contributed by atoms with van der Waals surface area (Å²) in [5.41, 5.74) is 1.29. The fraction of sp³-hybridized carbons (Fsp3) is 0.467. The number of hydrogen-bond acceptors (Lipinski definition) is 4. The van der Waals surface area contributed by atoms with E-state index in [0.717, 1.165) is 15.2 Å². The molecule has 1 aromatic carbocycles. The van der Waals surface area contributed by atoms with Gasteiger partial charge in [-0.3, -0.25) is 4.79 Å². The lowest BCUT2D eigenvalue weighted by molar-refractivity contribution is -0.142. The first-order valence-corrected chi connectivity index (χ1v) is 11.6. The highest BCUT2D eigenvalue weighted by atomic mass is 127. The van der Waals surface area contributed by atoms with E-state index in [2.05, 4.69) is 42.2 Å². The van der Waals surface area contributed by atoms with Crippen LogP contribution in [-0.2, 0) is 20.9 Å². The first kappa shape index (κ1) is 18.2. The maximum atomic E-state index is 12.1. The van der Waals surface area contributed by atoms with Crippen LogP contribution in [0.5, 0.6) is 0 Å². The Balaban J connectivity index is 2.68. The number of halogens is 1. The van der Waals surface area contributed by atoms with Crippen molar-refractivity contribution in [2.75, 3.05) is 6.61 Å². The lowest BCUT2D eigenvalue weighted by Crippen LogP contribution is -2.22. The lowest BCUT2D eigenvalue weighted by atomic mass is 10.1. The predicted octanol–water partition coefficient (Wildman–Crippen LogP) is 3.85. The Morgan fingerprint density at radius 2 is 1.81 bits per heavy atom. The van der Waals surface area contributed by atoms with Gasteiger partial charge in [0, 0.05) is 18.6 Å². The second-order valence-corrected chi connectivity index (χ2v) is 12.9. The van der Waals surface area contributed by atoms with Gasteiger partial charge in [0.05, 0.1) is 12.2 Å². The summed E-state index contributed by atoms with van der Waals surface area (Å²) in [4.78, 5) is 22.9. The van der Waals surface area contributed by atoms with Crippen LogP contribution in [0, 0.1) is 3.57 Å². The molecule has 0 heterocycles. The number of benzene rings is 1. The Kier molecular flexibility index (Phi) is 6.86. The summed E-state index contributed by atoms with van der Waals surface area (Å²) in [6.07, 6.45) is 0. The molecular weight excluding hydrogens is 399 g/mol. The largest absolute Gasteiger partial charge is 0.462 e. The highest BCUT2D eigenvalue weighted by Gasteiger charge is 2.15. The average Bonchev–Trinajstić information content (AvgIpc) is 2.34. The summed E-state index contributed by atoms with van der Waals surface area (Å²) in [7, 11) is -1.21. The van der Waals surface area contributed by atoms with E-state index < -0.39 is 8.07 Å². The van der Waals surface area contributed by atoms with Gasteiger partial charge < -0.3 is 9.47 Å². The Bertz CT molecular complexity index is 523. The van der Waals surface area contributed by atoms with E-state index in [0.29, 0.717) is 12.2 Å². The van der Waals surface area contributed by atoms with Gasteiger partial charge in [-0.1, -0.05) is 19.6 Å². The SMILES string of the molecule is CC(=O)OCc1cc(I)cc(C(=O)OCC[Si](C)(C)C)c1. The molecular formula is C15H21IO4Si. The number of hydrogen-bond donors (Lipinski definition) is 0. The van der Waals surface area contributed by atoms with Crippen LogP contribution in [0.1, 0.15) is 22.8 Å².